The van der Waals surface area contributed by atoms with Crippen molar-refractivity contribution < 1.29 is 9.21 Å². The average Bonchev–Trinajstić information content (AvgIpc) is 2.44. The van der Waals surface area contributed by atoms with E-state index in [2.05, 4.69) is 4.99 Å². The molecule has 3 heteroatoms. The third kappa shape index (κ3) is 1.37. The Balaban J connectivity index is 2.67. The number of benzene rings is 1. The lowest BCUT2D eigenvalue weighted by Crippen LogP contribution is -1.64. The molecule has 0 amide bonds. The molecule has 0 saturated heterocycles. The third-order valence-electron chi connectivity index (χ3n) is 1.80. The summed E-state index contributed by atoms with van der Waals surface area (Å²) < 4.78 is 5.36. The van der Waals surface area contributed by atoms with E-state index in [9.17, 15) is 4.79 Å². The molecule has 13 heavy (non-hydrogen) atoms. The van der Waals surface area contributed by atoms with Crippen molar-refractivity contribution in [3.63, 3.8) is 0 Å². The van der Waals surface area contributed by atoms with Crippen LogP contribution in [-0.4, -0.2) is 6.08 Å². The Bertz CT molecular complexity index is 493. The van der Waals surface area contributed by atoms with E-state index in [1.54, 1.807) is 18.2 Å². The van der Waals surface area contributed by atoms with Crippen molar-refractivity contribution in [2.75, 3.05) is 0 Å². The number of aryl methyl sites for hydroxylation is 1. The van der Waals surface area contributed by atoms with Gasteiger partial charge in [-0.2, -0.15) is 4.99 Å². The molecule has 0 aliphatic carbocycles. The number of isocyanates is 1. The van der Waals surface area contributed by atoms with E-state index in [0.717, 1.165) is 16.7 Å². The quantitative estimate of drug-likeness (QED) is 0.491. The summed E-state index contributed by atoms with van der Waals surface area (Å²) in [4.78, 5) is 13.5. The first-order chi connectivity index (χ1) is 6.29. The SMILES string of the molecule is Cc1cc2cc(N=C=O)ccc2o1. The highest BCUT2D eigenvalue weighted by molar-refractivity contribution is 5.81. The standard InChI is InChI=1S/C10H7NO2/c1-7-4-8-5-9(11-6-12)2-3-10(8)13-7/h2-5H,1H3. The Morgan fingerprint density at radius 2 is 2.23 bits per heavy atom. The van der Waals surface area contributed by atoms with Gasteiger partial charge in [0.25, 0.3) is 0 Å². The van der Waals surface area contributed by atoms with Crippen molar-refractivity contribution in [3.05, 3.63) is 30.0 Å². The van der Waals surface area contributed by atoms with Crippen molar-refractivity contribution in [2.24, 2.45) is 4.99 Å². The fourth-order valence-electron chi connectivity index (χ4n) is 1.29. The fourth-order valence-corrected chi connectivity index (χ4v) is 1.29. The van der Waals surface area contributed by atoms with E-state index in [0.29, 0.717) is 5.69 Å². The summed E-state index contributed by atoms with van der Waals surface area (Å²) in [5.74, 6) is 0.849. The van der Waals surface area contributed by atoms with Crippen molar-refractivity contribution in [1.82, 2.24) is 0 Å². The van der Waals surface area contributed by atoms with Gasteiger partial charge in [-0.15, -0.1) is 0 Å². The van der Waals surface area contributed by atoms with E-state index >= 15 is 0 Å². The largest absolute Gasteiger partial charge is 0.461 e. The summed E-state index contributed by atoms with van der Waals surface area (Å²) in [5, 5.41) is 0.953. The minimum Gasteiger partial charge on any atom is -0.461 e. The summed E-state index contributed by atoms with van der Waals surface area (Å²) in [5.41, 5.74) is 1.41. The summed E-state index contributed by atoms with van der Waals surface area (Å²) in [6.45, 7) is 1.88. The van der Waals surface area contributed by atoms with E-state index in [1.807, 2.05) is 13.0 Å². The molecular weight excluding hydrogens is 166 g/mol. The molecular formula is C10H7NO2. The molecule has 1 aromatic carbocycles. The molecule has 0 unspecified atom stereocenters. The van der Waals surface area contributed by atoms with E-state index in [-0.39, 0.29) is 0 Å². The van der Waals surface area contributed by atoms with Gasteiger partial charge < -0.3 is 4.42 Å². The van der Waals surface area contributed by atoms with E-state index in [4.69, 9.17) is 4.42 Å². The fraction of sp³-hybridized carbons (Fsp3) is 0.100. The molecule has 2 aromatic rings. The smallest absolute Gasteiger partial charge is 0.240 e. The minimum atomic E-state index is 0.600. The highest BCUT2D eigenvalue weighted by atomic mass is 16.3. The van der Waals surface area contributed by atoms with Crippen molar-refractivity contribution in [3.8, 4) is 0 Å². The maximum atomic E-state index is 10.0. The third-order valence-corrected chi connectivity index (χ3v) is 1.80. The second-order valence-electron chi connectivity index (χ2n) is 2.78. The maximum absolute atomic E-state index is 10.0. The molecule has 2 rings (SSSR count). The Kier molecular flexibility index (Phi) is 1.72. The number of hydrogen-bond acceptors (Lipinski definition) is 3. The molecule has 0 spiro atoms. The first-order valence-corrected chi connectivity index (χ1v) is 3.87. The second-order valence-corrected chi connectivity index (χ2v) is 2.78. The van der Waals surface area contributed by atoms with Crippen LogP contribution in [0.2, 0.25) is 0 Å². The van der Waals surface area contributed by atoms with Crippen LogP contribution in [-0.2, 0) is 4.79 Å². The van der Waals surface area contributed by atoms with Gasteiger partial charge in [0, 0.05) is 5.39 Å². The van der Waals surface area contributed by atoms with Crippen LogP contribution in [0.25, 0.3) is 11.0 Å². The predicted octanol–water partition coefficient (Wildman–Crippen LogP) is 2.71. The Labute approximate surface area is 74.7 Å². The zero-order chi connectivity index (χ0) is 9.26. The van der Waals surface area contributed by atoms with Crippen LogP contribution in [0, 0.1) is 6.92 Å². The van der Waals surface area contributed by atoms with Crippen molar-refractivity contribution in [2.45, 2.75) is 6.92 Å². The Morgan fingerprint density at radius 3 is 3.00 bits per heavy atom. The van der Waals surface area contributed by atoms with Crippen molar-refractivity contribution in [1.29, 1.82) is 0 Å². The van der Waals surface area contributed by atoms with Crippen LogP contribution in [0.4, 0.5) is 5.69 Å². The first kappa shape index (κ1) is 7.77. The van der Waals surface area contributed by atoms with E-state index in [1.165, 1.54) is 6.08 Å². The summed E-state index contributed by atoms with van der Waals surface area (Å²) in [7, 11) is 0. The summed E-state index contributed by atoms with van der Waals surface area (Å²) >= 11 is 0. The first-order valence-electron chi connectivity index (χ1n) is 3.87. The van der Waals surface area contributed by atoms with Gasteiger partial charge in [0.1, 0.15) is 11.3 Å². The normalized spacial score (nSPS) is 9.92. The molecule has 0 atom stereocenters. The van der Waals surface area contributed by atoms with Crippen molar-refractivity contribution >= 4 is 22.7 Å². The van der Waals surface area contributed by atoms with Gasteiger partial charge in [-0.25, -0.2) is 4.79 Å². The van der Waals surface area contributed by atoms with Crippen LogP contribution in [0.15, 0.2) is 33.7 Å². The van der Waals surface area contributed by atoms with Crippen LogP contribution in [0.3, 0.4) is 0 Å². The van der Waals surface area contributed by atoms with Crippen LogP contribution in [0.1, 0.15) is 5.76 Å². The lowest BCUT2D eigenvalue weighted by Gasteiger charge is -1.88. The molecule has 0 aliphatic rings. The van der Waals surface area contributed by atoms with Gasteiger partial charge in [0.2, 0.25) is 6.08 Å². The molecule has 1 heterocycles. The zero-order valence-corrected chi connectivity index (χ0v) is 7.07. The number of fused-ring (bicyclic) bond motifs is 1. The molecule has 0 N–H and O–H groups in total. The van der Waals surface area contributed by atoms with Gasteiger partial charge in [-0.1, -0.05) is 0 Å². The van der Waals surface area contributed by atoms with Gasteiger partial charge >= 0.3 is 0 Å². The topological polar surface area (TPSA) is 42.6 Å². The van der Waals surface area contributed by atoms with Crippen LogP contribution >= 0.6 is 0 Å². The second kappa shape index (κ2) is 2.88. The molecule has 0 fully saturated rings. The predicted molar refractivity (Wildman–Crippen MR) is 48.7 cm³/mol. The number of furan rings is 1. The summed E-state index contributed by atoms with van der Waals surface area (Å²) in [6, 6.07) is 7.20. The molecule has 0 bridgehead atoms. The highest BCUT2D eigenvalue weighted by Crippen LogP contribution is 2.23. The molecule has 0 aliphatic heterocycles. The lowest BCUT2D eigenvalue weighted by molar-refractivity contribution is 0.565. The molecule has 1 aromatic heterocycles. The Morgan fingerprint density at radius 1 is 1.38 bits per heavy atom. The maximum Gasteiger partial charge on any atom is 0.240 e. The van der Waals surface area contributed by atoms with Gasteiger partial charge in [0.15, 0.2) is 0 Å². The molecule has 64 valence electrons. The van der Waals surface area contributed by atoms with Crippen LogP contribution in [0.5, 0.6) is 0 Å². The number of nitrogens with zero attached hydrogens (tertiary/aromatic N) is 1. The number of carbonyl (C=O) groups excluding carboxylic acids is 1. The monoisotopic (exact) mass is 173 g/mol. The summed E-state index contributed by atoms with van der Waals surface area (Å²) in [6.07, 6.45) is 1.50. The molecule has 3 nitrogen and oxygen atoms in total. The minimum absolute atomic E-state index is 0.600. The number of rotatable bonds is 1. The zero-order valence-electron chi connectivity index (χ0n) is 7.07. The average molecular weight is 173 g/mol. The number of aliphatic imine (C=N–C) groups is 1. The van der Waals surface area contributed by atoms with Crippen LogP contribution < -0.4 is 0 Å². The van der Waals surface area contributed by atoms with Gasteiger partial charge in [-0.05, 0) is 31.2 Å². The lowest BCUT2D eigenvalue weighted by atomic mass is 10.2. The van der Waals surface area contributed by atoms with Gasteiger partial charge in [-0.3, -0.25) is 0 Å². The molecule has 0 saturated carbocycles. The Hall–Kier alpha value is -1.86. The van der Waals surface area contributed by atoms with Gasteiger partial charge in [0.05, 0.1) is 5.69 Å². The van der Waals surface area contributed by atoms with E-state index < -0.39 is 0 Å². The number of hydrogen-bond donors (Lipinski definition) is 0. The molecule has 0 radical (unpaired) electrons. The highest BCUT2D eigenvalue weighted by Gasteiger charge is 2.00.